The van der Waals surface area contributed by atoms with E-state index in [0.717, 1.165) is 48.9 Å². The van der Waals surface area contributed by atoms with E-state index in [4.69, 9.17) is 4.98 Å². The topological polar surface area (TPSA) is 108 Å². The van der Waals surface area contributed by atoms with Gasteiger partial charge < -0.3 is 0 Å². The molecular weight excluding hydrogens is 610 g/mol. The molecule has 232 valence electrons. The Morgan fingerprint density at radius 2 is 1.29 bits per heavy atom. The van der Waals surface area contributed by atoms with Crippen molar-refractivity contribution in [3.8, 4) is 22.6 Å². The fourth-order valence-corrected chi connectivity index (χ4v) is 7.67. The van der Waals surface area contributed by atoms with E-state index in [0.29, 0.717) is 27.2 Å². The number of fused-ring (bicyclic) bond motifs is 10. The molecule has 0 saturated carbocycles. The molecule has 1 aliphatic carbocycles. The highest BCUT2D eigenvalue weighted by Crippen LogP contribution is 2.50. The van der Waals surface area contributed by atoms with Crippen LogP contribution in [0.5, 0.6) is 0 Å². The van der Waals surface area contributed by atoms with Crippen LogP contribution in [0.4, 0.5) is 0 Å². The molecule has 0 unspecified atom stereocenters. The molecule has 0 saturated heterocycles. The number of hydrogen-bond donors (Lipinski definition) is 0. The van der Waals surface area contributed by atoms with Gasteiger partial charge in [-0.15, -0.1) is 0 Å². The van der Waals surface area contributed by atoms with Crippen LogP contribution in [0.3, 0.4) is 0 Å². The molecule has 9 heteroatoms. The molecular formula is C40H25N7O2. The van der Waals surface area contributed by atoms with Gasteiger partial charge in [-0.2, -0.15) is 0 Å². The third kappa shape index (κ3) is 3.72. The van der Waals surface area contributed by atoms with Gasteiger partial charge in [0.1, 0.15) is 5.65 Å². The summed E-state index contributed by atoms with van der Waals surface area (Å²) in [5.41, 5.74) is 6.07. The smallest absolute Gasteiger partial charge is 0.267 e. The summed E-state index contributed by atoms with van der Waals surface area (Å²) in [6, 6.07) is 30.2. The second kappa shape index (κ2) is 9.71. The lowest BCUT2D eigenvalue weighted by Gasteiger charge is -2.21. The van der Waals surface area contributed by atoms with Gasteiger partial charge >= 0.3 is 0 Å². The van der Waals surface area contributed by atoms with E-state index in [2.05, 4.69) is 56.5 Å². The van der Waals surface area contributed by atoms with E-state index in [1.54, 1.807) is 6.20 Å². The Balaban J connectivity index is 1.43. The molecule has 4 aromatic carbocycles. The van der Waals surface area contributed by atoms with Gasteiger partial charge in [0.25, 0.3) is 11.1 Å². The molecule has 1 aliphatic rings. The molecule has 5 aromatic heterocycles. The highest BCUT2D eigenvalue weighted by molar-refractivity contribution is 6.17. The third-order valence-electron chi connectivity index (χ3n) is 9.97. The maximum absolute atomic E-state index is 14.9. The lowest BCUT2D eigenvalue weighted by atomic mass is 9.82. The zero-order valence-electron chi connectivity index (χ0n) is 26.4. The molecule has 10 rings (SSSR count). The Kier molecular flexibility index (Phi) is 5.45. The number of benzene rings is 4. The van der Waals surface area contributed by atoms with Crippen LogP contribution < -0.4 is 11.1 Å². The van der Waals surface area contributed by atoms with Gasteiger partial charge in [0.05, 0.1) is 17.1 Å². The number of rotatable bonds is 2. The van der Waals surface area contributed by atoms with E-state index < -0.39 is 11.1 Å². The normalized spacial score (nSPS) is 13.4. The molecule has 9 nitrogen and oxygen atoms in total. The first kappa shape index (κ1) is 27.5. The minimum atomic E-state index is -0.506. The van der Waals surface area contributed by atoms with Gasteiger partial charge in [0.2, 0.25) is 0 Å². The van der Waals surface area contributed by atoms with Crippen molar-refractivity contribution in [2.45, 2.75) is 19.3 Å². The summed E-state index contributed by atoms with van der Waals surface area (Å²) in [5, 5.41) is 4.00. The Labute approximate surface area is 277 Å². The minimum Gasteiger partial charge on any atom is -0.294 e. The molecule has 0 atom stereocenters. The van der Waals surface area contributed by atoms with Gasteiger partial charge in [-0.05, 0) is 81.6 Å². The van der Waals surface area contributed by atoms with Crippen LogP contribution in [0.25, 0.3) is 77.4 Å². The molecule has 0 radical (unpaired) electrons. The number of nitrogens with zero attached hydrogens (tertiary/aromatic N) is 7. The monoisotopic (exact) mass is 635 g/mol. The van der Waals surface area contributed by atoms with Crippen LogP contribution in [0.2, 0.25) is 0 Å². The van der Waals surface area contributed by atoms with Crippen molar-refractivity contribution in [3.63, 3.8) is 0 Å². The van der Waals surface area contributed by atoms with Crippen LogP contribution >= 0.6 is 0 Å². The second-order valence-electron chi connectivity index (χ2n) is 13.0. The first-order chi connectivity index (χ1) is 23.9. The molecule has 0 aliphatic heterocycles. The summed E-state index contributed by atoms with van der Waals surface area (Å²) in [5.74, 6) is 0.0772. The zero-order valence-corrected chi connectivity index (χ0v) is 26.4. The third-order valence-corrected chi connectivity index (χ3v) is 9.97. The van der Waals surface area contributed by atoms with Crippen molar-refractivity contribution in [3.05, 3.63) is 148 Å². The van der Waals surface area contributed by atoms with Gasteiger partial charge in [-0.3, -0.25) is 14.2 Å². The largest absolute Gasteiger partial charge is 0.294 e. The molecule has 0 amide bonds. The first-order valence-electron chi connectivity index (χ1n) is 16.0. The van der Waals surface area contributed by atoms with Crippen molar-refractivity contribution in [1.82, 2.24) is 34.1 Å². The van der Waals surface area contributed by atoms with Crippen LogP contribution in [0.1, 0.15) is 25.0 Å². The summed E-state index contributed by atoms with van der Waals surface area (Å²) < 4.78 is 3.19. The van der Waals surface area contributed by atoms with E-state index in [9.17, 15) is 9.59 Å². The quantitative estimate of drug-likeness (QED) is 0.201. The average Bonchev–Trinajstić information content (AvgIpc) is 3.55. The van der Waals surface area contributed by atoms with Gasteiger partial charge in [-0.25, -0.2) is 29.5 Å². The SMILES string of the molecule is CC1(C)c2ccccc2-c2cc3c(=O)n(-c4cnc5nccnc5n4)c(=O)c4cc5c(cc4c3cc21)c1cccnc1n5-c1ccccc1. The first-order valence-corrected chi connectivity index (χ1v) is 16.0. The summed E-state index contributed by atoms with van der Waals surface area (Å²) >= 11 is 0. The predicted octanol–water partition coefficient (Wildman–Crippen LogP) is 7.04. The average molecular weight is 636 g/mol. The van der Waals surface area contributed by atoms with Crippen molar-refractivity contribution in [2.75, 3.05) is 0 Å². The Morgan fingerprint density at radius 1 is 0.551 bits per heavy atom. The van der Waals surface area contributed by atoms with Gasteiger partial charge in [0, 0.05) is 45.9 Å². The molecule has 49 heavy (non-hydrogen) atoms. The predicted molar refractivity (Wildman–Crippen MR) is 192 cm³/mol. The summed E-state index contributed by atoms with van der Waals surface area (Å²) in [6.07, 6.45) is 6.22. The van der Waals surface area contributed by atoms with Crippen LogP contribution in [-0.4, -0.2) is 34.1 Å². The number of aromatic nitrogens is 7. The Hall–Kier alpha value is -6.61. The fraction of sp³-hybridized carbons (Fsp3) is 0.0750. The van der Waals surface area contributed by atoms with Gasteiger partial charge in [0.15, 0.2) is 17.1 Å². The van der Waals surface area contributed by atoms with E-state index in [1.807, 2.05) is 72.8 Å². The molecule has 0 spiro atoms. The van der Waals surface area contributed by atoms with E-state index >= 15 is 0 Å². The molecule has 9 aromatic rings. The number of pyridine rings is 1. The minimum absolute atomic E-state index is 0.0772. The van der Waals surface area contributed by atoms with E-state index in [1.165, 1.54) is 24.2 Å². The maximum Gasteiger partial charge on any atom is 0.267 e. The Morgan fingerprint density at radius 3 is 2.12 bits per heavy atom. The number of hydrogen-bond acceptors (Lipinski definition) is 7. The van der Waals surface area contributed by atoms with Crippen molar-refractivity contribution in [2.24, 2.45) is 0 Å². The van der Waals surface area contributed by atoms with Crippen molar-refractivity contribution < 1.29 is 0 Å². The maximum atomic E-state index is 14.9. The standard InChI is InChI=1S/C40H25N7O2/c1-40(2)31-13-7-6-11-23(31)27-18-29-26(19-32(27)40)25-17-28-24-12-8-14-43-37(24)46(22-9-4-3-5-10-22)33(28)20-30(25)39(49)47(38(29)48)34-21-44-35-36(45-34)42-16-15-41-35/h3-21H,1-2H3. The van der Waals surface area contributed by atoms with Gasteiger partial charge in [-0.1, -0.05) is 56.3 Å². The van der Waals surface area contributed by atoms with Crippen LogP contribution in [-0.2, 0) is 5.41 Å². The second-order valence-corrected chi connectivity index (χ2v) is 13.0. The molecule has 0 fully saturated rings. The summed E-state index contributed by atoms with van der Waals surface area (Å²) in [7, 11) is 0. The van der Waals surface area contributed by atoms with E-state index in [-0.39, 0.29) is 16.9 Å². The highest BCUT2D eigenvalue weighted by Gasteiger charge is 2.36. The summed E-state index contributed by atoms with van der Waals surface area (Å²) in [4.78, 5) is 52.1. The Bertz CT molecular complexity index is 3020. The summed E-state index contributed by atoms with van der Waals surface area (Å²) in [6.45, 7) is 4.41. The lowest BCUT2D eigenvalue weighted by Crippen LogP contribution is -2.29. The zero-order chi connectivity index (χ0) is 33.0. The van der Waals surface area contributed by atoms with Crippen LogP contribution in [0.15, 0.2) is 125 Å². The van der Waals surface area contributed by atoms with Crippen LogP contribution in [0, 0.1) is 0 Å². The fourth-order valence-electron chi connectivity index (χ4n) is 7.67. The van der Waals surface area contributed by atoms with Crippen molar-refractivity contribution >= 4 is 54.8 Å². The lowest BCUT2D eigenvalue weighted by molar-refractivity contribution is 0.661. The van der Waals surface area contributed by atoms with Crippen molar-refractivity contribution in [1.29, 1.82) is 0 Å². The molecule has 5 heterocycles. The molecule has 0 N–H and O–H groups in total. The molecule has 0 bridgehead atoms. The highest BCUT2D eigenvalue weighted by atomic mass is 16.2. The number of para-hydroxylation sites is 1.